The maximum absolute atomic E-state index is 12.2. The van der Waals surface area contributed by atoms with Gasteiger partial charge in [0.1, 0.15) is 5.75 Å². The Kier molecular flexibility index (Phi) is 6.28. The number of amides is 1. The van der Waals surface area contributed by atoms with Gasteiger partial charge in [0.15, 0.2) is 0 Å². The molecule has 9 nitrogen and oxygen atoms in total. The average molecular weight is 386 g/mol. The molecule has 0 atom stereocenters. The third kappa shape index (κ3) is 4.89. The van der Waals surface area contributed by atoms with Crippen LogP contribution in [0.25, 0.3) is 0 Å². The van der Waals surface area contributed by atoms with Gasteiger partial charge in [0.2, 0.25) is 5.91 Å². The van der Waals surface area contributed by atoms with Crippen LogP contribution in [-0.4, -0.2) is 50.8 Å². The Balaban J connectivity index is 1.57. The Morgan fingerprint density at radius 2 is 1.93 bits per heavy atom. The first kappa shape index (κ1) is 19.4. The van der Waals surface area contributed by atoms with Crippen molar-refractivity contribution in [3.8, 4) is 5.75 Å². The Bertz CT molecular complexity index is 835. The van der Waals surface area contributed by atoms with E-state index in [1.165, 1.54) is 25.3 Å². The summed E-state index contributed by atoms with van der Waals surface area (Å²) in [6.45, 7) is 3.07. The van der Waals surface area contributed by atoms with E-state index < -0.39 is 4.92 Å². The lowest BCUT2D eigenvalue weighted by Crippen LogP contribution is -2.36. The summed E-state index contributed by atoms with van der Waals surface area (Å²) in [7, 11) is 1.46. The van der Waals surface area contributed by atoms with Gasteiger partial charge < -0.3 is 25.0 Å². The second-order valence-corrected chi connectivity index (χ2v) is 6.19. The van der Waals surface area contributed by atoms with Crippen molar-refractivity contribution in [3.63, 3.8) is 0 Å². The molecule has 148 valence electrons. The van der Waals surface area contributed by atoms with Crippen LogP contribution in [-0.2, 0) is 9.53 Å². The summed E-state index contributed by atoms with van der Waals surface area (Å²) in [6.07, 6.45) is 0. The van der Waals surface area contributed by atoms with Crippen molar-refractivity contribution < 1.29 is 19.2 Å². The van der Waals surface area contributed by atoms with E-state index in [0.717, 1.165) is 18.8 Å². The van der Waals surface area contributed by atoms with E-state index in [4.69, 9.17) is 9.47 Å². The number of anilines is 3. The van der Waals surface area contributed by atoms with Crippen molar-refractivity contribution >= 4 is 28.7 Å². The number of nitro groups is 1. The number of methoxy groups -OCH3 is 1. The molecule has 1 aliphatic heterocycles. The van der Waals surface area contributed by atoms with Crippen molar-refractivity contribution in [1.29, 1.82) is 0 Å². The topological polar surface area (TPSA) is 106 Å². The highest BCUT2D eigenvalue weighted by Gasteiger charge is 2.13. The average Bonchev–Trinajstić information content (AvgIpc) is 2.73. The molecule has 0 unspecified atom stereocenters. The van der Waals surface area contributed by atoms with E-state index in [2.05, 4.69) is 15.5 Å². The summed E-state index contributed by atoms with van der Waals surface area (Å²) in [5, 5.41) is 16.6. The molecule has 1 fully saturated rings. The minimum absolute atomic E-state index is 0.0528. The number of benzene rings is 2. The summed E-state index contributed by atoms with van der Waals surface area (Å²) < 4.78 is 10.5. The number of nitro benzene ring substituents is 1. The van der Waals surface area contributed by atoms with E-state index >= 15 is 0 Å². The predicted octanol–water partition coefficient (Wildman–Crippen LogP) is 2.49. The Labute approximate surface area is 162 Å². The normalized spacial score (nSPS) is 13.7. The first-order valence-corrected chi connectivity index (χ1v) is 8.86. The molecule has 2 N–H and O–H groups in total. The summed E-state index contributed by atoms with van der Waals surface area (Å²) >= 11 is 0. The molecule has 0 aliphatic carbocycles. The number of rotatable bonds is 7. The van der Waals surface area contributed by atoms with Crippen LogP contribution in [0.3, 0.4) is 0 Å². The number of nitrogens with one attached hydrogen (secondary N) is 2. The molecule has 0 spiro atoms. The number of morpholine rings is 1. The number of non-ortho nitro benzene ring substituents is 1. The number of carbonyl (C=O) groups is 1. The first-order valence-electron chi connectivity index (χ1n) is 8.86. The molecular weight excluding hydrogens is 364 g/mol. The van der Waals surface area contributed by atoms with Gasteiger partial charge in [-0.1, -0.05) is 0 Å². The van der Waals surface area contributed by atoms with Crippen LogP contribution in [0.1, 0.15) is 0 Å². The van der Waals surface area contributed by atoms with E-state index in [1.807, 2.05) is 24.3 Å². The van der Waals surface area contributed by atoms with Gasteiger partial charge in [0.05, 0.1) is 37.5 Å². The lowest BCUT2D eigenvalue weighted by Gasteiger charge is -2.28. The molecule has 1 saturated heterocycles. The number of nitrogens with zero attached hydrogens (tertiary/aromatic N) is 2. The Morgan fingerprint density at radius 3 is 2.57 bits per heavy atom. The summed E-state index contributed by atoms with van der Waals surface area (Å²) in [5.74, 6) is 0.154. The summed E-state index contributed by atoms with van der Waals surface area (Å²) in [6, 6.07) is 11.8. The number of carbonyl (C=O) groups excluding carboxylic acids is 1. The van der Waals surface area contributed by atoms with Crippen molar-refractivity contribution in [2.75, 3.05) is 55.5 Å². The molecule has 1 amide bonds. The van der Waals surface area contributed by atoms with Crippen LogP contribution < -0.4 is 20.3 Å². The molecule has 0 bridgehead atoms. The fraction of sp³-hybridized carbons (Fsp3) is 0.316. The first-order chi connectivity index (χ1) is 13.6. The van der Waals surface area contributed by atoms with E-state index in [9.17, 15) is 14.9 Å². The molecular formula is C19H22N4O5. The highest BCUT2D eigenvalue weighted by atomic mass is 16.6. The van der Waals surface area contributed by atoms with Gasteiger partial charge in [-0.2, -0.15) is 0 Å². The molecule has 28 heavy (non-hydrogen) atoms. The predicted molar refractivity (Wildman–Crippen MR) is 106 cm³/mol. The van der Waals surface area contributed by atoms with Gasteiger partial charge >= 0.3 is 0 Å². The van der Waals surface area contributed by atoms with Crippen LogP contribution in [0.2, 0.25) is 0 Å². The van der Waals surface area contributed by atoms with E-state index in [1.54, 1.807) is 0 Å². The number of ether oxygens (including phenoxy) is 2. The summed E-state index contributed by atoms with van der Waals surface area (Å²) in [4.78, 5) is 24.9. The molecule has 1 aliphatic rings. The largest absolute Gasteiger partial charge is 0.495 e. The van der Waals surface area contributed by atoms with Gasteiger partial charge in [0.25, 0.3) is 5.69 Å². The fourth-order valence-corrected chi connectivity index (χ4v) is 2.91. The van der Waals surface area contributed by atoms with Crippen LogP contribution in [0.15, 0.2) is 42.5 Å². The molecule has 3 rings (SSSR count). The summed E-state index contributed by atoms with van der Waals surface area (Å²) in [5.41, 5.74) is 2.06. The lowest BCUT2D eigenvalue weighted by atomic mass is 10.2. The second-order valence-electron chi connectivity index (χ2n) is 6.19. The zero-order chi connectivity index (χ0) is 19.9. The van der Waals surface area contributed by atoms with Crippen molar-refractivity contribution in [3.05, 3.63) is 52.6 Å². The van der Waals surface area contributed by atoms with Crippen molar-refractivity contribution in [1.82, 2.24) is 0 Å². The zero-order valence-corrected chi connectivity index (χ0v) is 15.5. The third-order valence-electron chi connectivity index (χ3n) is 4.36. The quantitative estimate of drug-likeness (QED) is 0.556. The Morgan fingerprint density at radius 1 is 1.21 bits per heavy atom. The van der Waals surface area contributed by atoms with Gasteiger partial charge in [0, 0.05) is 36.6 Å². The maximum atomic E-state index is 12.2. The van der Waals surface area contributed by atoms with E-state index in [-0.39, 0.29) is 18.1 Å². The van der Waals surface area contributed by atoms with Crippen LogP contribution in [0.4, 0.5) is 22.7 Å². The fourth-order valence-electron chi connectivity index (χ4n) is 2.91. The third-order valence-corrected chi connectivity index (χ3v) is 4.36. The smallest absolute Gasteiger partial charge is 0.271 e. The number of hydrogen-bond acceptors (Lipinski definition) is 7. The van der Waals surface area contributed by atoms with Crippen molar-refractivity contribution in [2.45, 2.75) is 0 Å². The molecule has 0 aromatic heterocycles. The van der Waals surface area contributed by atoms with Crippen molar-refractivity contribution in [2.24, 2.45) is 0 Å². The van der Waals surface area contributed by atoms with Gasteiger partial charge in [-0.15, -0.1) is 0 Å². The Hall–Kier alpha value is -3.33. The molecule has 9 heteroatoms. The SMILES string of the molecule is COc1ccc([N+](=O)[O-])cc1NCC(=O)Nc1ccc(N2CCOCC2)cc1. The minimum Gasteiger partial charge on any atom is -0.495 e. The molecule has 1 heterocycles. The van der Waals surface area contributed by atoms with Gasteiger partial charge in [-0.25, -0.2) is 0 Å². The standard InChI is InChI=1S/C19H22N4O5/c1-27-18-7-6-16(23(25)26)12-17(18)20-13-19(24)21-14-2-4-15(5-3-14)22-8-10-28-11-9-22/h2-7,12,20H,8-11,13H2,1H3,(H,21,24). The van der Waals surface area contributed by atoms with Crippen LogP contribution in [0.5, 0.6) is 5.75 Å². The number of hydrogen-bond donors (Lipinski definition) is 2. The molecule has 2 aromatic rings. The highest BCUT2D eigenvalue weighted by molar-refractivity contribution is 5.94. The minimum atomic E-state index is -0.499. The lowest BCUT2D eigenvalue weighted by molar-refractivity contribution is -0.384. The maximum Gasteiger partial charge on any atom is 0.271 e. The van der Waals surface area contributed by atoms with Gasteiger partial charge in [-0.3, -0.25) is 14.9 Å². The highest BCUT2D eigenvalue weighted by Crippen LogP contribution is 2.28. The monoisotopic (exact) mass is 386 g/mol. The van der Waals surface area contributed by atoms with Crippen LogP contribution >= 0.6 is 0 Å². The molecule has 0 radical (unpaired) electrons. The van der Waals surface area contributed by atoms with Gasteiger partial charge in [-0.05, 0) is 30.3 Å². The molecule has 2 aromatic carbocycles. The second kappa shape index (κ2) is 9.05. The van der Waals surface area contributed by atoms with Crippen LogP contribution in [0, 0.1) is 10.1 Å². The van der Waals surface area contributed by atoms with E-state index in [0.29, 0.717) is 30.3 Å². The zero-order valence-electron chi connectivity index (χ0n) is 15.5. The molecule has 0 saturated carbocycles.